The number of halogens is 1. The summed E-state index contributed by atoms with van der Waals surface area (Å²) < 4.78 is 16.0. The molecule has 1 amide bonds. The molecule has 1 aromatic carbocycles. The van der Waals surface area contributed by atoms with Gasteiger partial charge in [0, 0.05) is 44.6 Å². The highest BCUT2D eigenvalue weighted by Crippen LogP contribution is 2.46. The number of hydrogen-bond donors (Lipinski definition) is 0. The molecule has 0 N–H and O–H groups in total. The molecule has 0 radical (unpaired) electrons. The lowest BCUT2D eigenvalue weighted by Gasteiger charge is -2.32. The van der Waals surface area contributed by atoms with Crippen LogP contribution in [-0.4, -0.2) is 56.7 Å². The average Bonchev–Trinajstić information content (AvgIpc) is 3.50. The van der Waals surface area contributed by atoms with Crippen LogP contribution in [0.5, 0.6) is 0 Å². The van der Waals surface area contributed by atoms with Crippen LogP contribution in [0.15, 0.2) is 36.9 Å². The molecule has 2 aliphatic heterocycles. The van der Waals surface area contributed by atoms with Crippen molar-refractivity contribution in [2.45, 2.75) is 38.3 Å². The molecule has 1 aliphatic carbocycles. The monoisotopic (exact) mass is 397 g/mol. The van der Waals surface area contributed by atoms with Crippen molar-refractivity contribution in [1.29, 1.82) is 0 Å². The highest BCUT2D eigenvalue weighted by molar-refractivity contribution is 5.80. The Hall–Kier alpha value is -2.28. The van der Waals surface area contributed by atoms with Crippen LogP contribution in [0.3, 0.4) is 0 Å². The number of nitrogens with zero attached hydrogens (tertiary/aromatic N) is 5. The van der Waals surface area contributed by atoms with Gasteiger partial charge in [0.1, 0.15) is 18.5 Å². The van der Waals surface area contributed by atoms with Crippen molar-refractivity contribution in [1.82, 2.24) is 24.6 Å². The van der Waals surface area contributed by atoms with E-state index in [0.29, 0.717) is 17.7 Å². The van der Waals surface area contributed by atoms with Crippen molar-refractivity contribution in [3.8, 4) is 0 Å². The number of benzene rings is 1. The van der Waals surface area contributed by atoms with Crippen molar-refractivity contribution in [3.05, 3.63) is 48.3 Å². The summed E-state index contributed by atoms with van der Waals surface area (Å²) in [6.07, 6.45) is 7.80. The molecule has 0 bridgehead atoms. The first kappa shape index (κ1) is 18.7. The van der Waals surface area contributed by atoms with Crippen molar-refractivity contribution in [2.24, 2.45) is 17.8 Å². The number of hydrogen-bond acceptors (Lipinski definition) is 4. The summed E-state index contributed by atoms with van der Waals surface area (Å²) in [4.78, 5) is 17.9. The summed E-state index contributed by atoms with van der Waals surface area (Å²) in [6.45, 7) is 4.54. The first-order valence-electron chi connectivity index (χ1n) is 10.8. The third-order valence-electron chi connectivity index (χ3n) is 7.06. The molecule has 1 saturated carbocycles. The Morgan fingerprint density at radius 2 is 1.86 bits per heavy atom. The maximum atomic E-state index is 14.0. The first-order valence-corrected chi connectivity index (χ1v) is 10.8. The van der Waals surface area contributed by atoms with Crippen LogP contribution in [0.2, 0.25) is 0 Å². The first-order chi connectivity index (χ1) is 14.2. The van der Waals surface area contributed by atoms with Gasteiger partial charge in [-0.3, -0.25) is 4.79 Å². The Morgan fingerprint density at radius 1 is 1.07 bits per heavy atom. The lowest BCUT2D eigenvalue weighted by Crippen LogP contribution is -2.39. The number of carbonyl (C=O) groups is 1. The lowest BCUT2D eigenvalue weighted by atomic mass is 9.89. The van der Waals surface area contributed by atoms with Gasteiger partial charge in [0.25, 0.3) is 0 Å². The Bertz CT molecular complexity index is 851. The predicted molar refractivity (Wildman–Crippen MR) is 106 cm³/mol. The van der Waals surface area contributed by atoms with Crippen LogP contribution in [0, 0.1) is 23.6 Å². The van der Waals surface area contributed by atoms with Gasteiger partial charge in [0.05, 0.1) is 6.04 Å². The quantitative estimate of drug-likeness (QED) is 0.779. The molecule has 6 nitrogen and oxygen atoms in total. The standard InChI is InChI=1S/C22H28FN5O/c23-19-7-3-6-17(10-19)21-20-13-26(8-9-27-14-24-25-15-27)11-18(20)12-28(21)22(29)16-4-1-2-5-16/h3,6-7,10,14-16,18,20-21H,1-2,4-5,8-9,11-13H2/t18-,20-,21+/m0/s1. The fraction of sp³-hybridized carbons (Fsp3) is 0.591. The minimum Gasteiger partial charge on any atom is -0.335 e. The van der Waals surface area contributed by atoms with Crippen molar-refractivity contribution >= 4 is 5.91 Å². The molecule has 3 atom stereocenters. The number of amides is 1. The van der Waals surface area contributed by atoms with E-state index < -0.39 is 0 Å². The second-order valence-electron chi connectivity index (χ2n) is 8.86. The Kier molecular flexibility index (Phi) is 5.08. The van der Waals surface area contributed by atoms with E-state index in [9.17, 15) is 9.18 Å². The van der Waals surface area contributed by atoms with Gasteiger partial charge in [-0.05, 0) is 36.5 Å². The molecule has 7 heteroatoms. The Morgan fingerprint density at radius 3 is 2.62 bits per heavy atom. The third-order valence-corrected chi connectivity index (χ3v) is 7.06. The van der Waals surface area contributed by atoms with Gasteiger partial charge in [0.2, 0.25) is 5.91 Å². The summed E-state index contributed by atoms with van der Waals surface area (Å²) in [6, 6.07) is 6.87. The van der Waals surface area contributed by atoms with Crippen molar-refractivity contribution in [2.75, 3.05) is 26.2 Å². The molecule has 3 aliphatic rings. The van der Waals surface area contributed by atoms with E-state index >= 15 is 0 Å². The summed E-state index contributed by atoms with van der Waals surface area (Å²) in [7, 11) is 0. The summed E-state index contributed by atoms with van der Waals surface area (Å²) in [5, 5.41) is 7.73. The van der Waals surface area contributed by atoms with Gasteiger partial charge in [-0.25, -0.2) is 4.39 Å². The number of fused-ring (bicyclic) bond motifs is 1. The zero-order valence-corrected chi connectivity index (χ0v) is 16.7. The number of carbonyl (C=O) groups excluding carboxylic acids is 1. The SMILES string of the molecule is O=C(C1CCCC1)N1C[C@@H]2CN(CCn3cnnc3)C[C@@H]2[C@H]1c1cccc(F)c1. The number of rotatable bonds is 5. The van der Waals surface area contributed by atoms with Crippen LogP contribution in [-0.2, 0) is 11.3 Å². The fourth-order valence-corrected chi connectivity index (χ4v) is 5.67. The minimum atomic E-state index is -0.221. The Labute approximate surface area is 170 Å². The van der Waals surface area contributed by atoms with E-state index in [1.54, 1.807) is 24.8 Å². The molecule has 5 rings (SSSR count). The molecule has 29 heavy (non-hydrogen) atoms. The van der Waals surface area contributed by atoms with E-state index in [-0.39, 0.29) is 17.8 Å². The molecular formula is C22H28FN5O. The predicted octanol–water partition coefficient (Wildman–Crippen LogP) is 2.74. The molecule has 2 saturated heterocycles. The van der Waals surface area contributed by atoms with Crippen molar-refractivity contribution in [3.63, 3.8) is 0 Å². The lowest BCUT2D eigenvalue weighted by molar-refractivity contribution is -0.137. The van der Waals surface area contributed by atoms with Crippen LogP contribution >= 0.6 is 0 Å². The molecule has 1 aromatic heterocycles. The van der Waals surface area contributed by atoms with Gasteiger partial charge < -0.3 is 14.4 Å². The summed E-state index contributed by atoms with van der Waals surface area (Å²) in [5.41, 5.74) is 0.949. The molecule has 3 fully saturated rings. The topological polar surface area (TPSA) is 54.3 Å². The Balaban J connectivity index is 1.35. The highest BCUT2D eigenvalue weighted by Gasteiger charge is 2.49. The normalized spacial score (nSPS) is 27.6. The van der Waals surface area contributed by atoms with Gasteiger partial charge in [0.15, 0.2) is 0 Å². The molecule has 154 valence electrons. The van der Waals surface area contributed by atoms with E-state index in [1.165, 1.54) is 6.07 Å². The van der Waals surface area contributed by atoms with Crippen LogP contribution < -0.4 is 0 Å². The highest BCUT2D eigenvalue weighted by atomic mass is 19.1. The molecule has 0 spiro atoms. The van der Waals surface area contributed by atoms with Crippen LogP contribution in [0.1, 0.15) is 37.3 Å². The summed E-state index contributed by atoms with van der Waals surface area (Å²) in [5.74, 6) is 1.05. The minimum absolute atomic E-state index is 0.0105. The third kappa shape index (κ3) is 3.68. The molecule has 0 unspecified atom stereocenters. The van der Waals surface area contributed by atoms with Gasteiger partial charge >= 0.3 is 0 Å². The van der Waals surface area contributed by atoms with E-state index in [0.717, 1.165) is 64.0 Å². The molecular weight excluding hydrogens is 369 g/mol. The maximum absolute atomic E-state index is 14.0. The van der Waals surface area contributed by atoms with Gasteiger partial charge in [-0.2, -0.15) is 0 Å². The number of aromatic nitrogens is 3. The van der Waals surface area contributed by atoms with E-state index in [1.807, 2.05) is 10.6 Å². The molecule has 3 heterocycles. The smallest absolute Gasteiger partial charge is 0.226 e. The van der Waals surface area contributed by atoms with E-state index in [4.69, 9.17) is 0 Å². The zero-order chi connectivity index (χ0) is 19.8. The summed E-state index contributed by atoms with van der Waals surface area (Å²) >= 11 is 0. The second kappa shape index (κ2) is 7.86. The van der Waals surface area contributed by atoms with Crippen LogP contribution in [0.4, 0.5) is 4.39 Å². The van der Waals surface area contributed by atoms with Gasteiger partial charge in [-0.1, -0.05) is 25.0 Å². The van der Waals surface area contributed by atoms with Crippen molar-refractivity contribution < 1.29 is 9.18 Å². The van der Waals surface area contributed by atoms with E-state index in [2.05, 4.69) is 20.0 Å². The average molecular weight is 397 g/mol. The zero-order valence-electron chi connectivity index (χ0n) is 16.7. The second-order valence-corrected chi connectivity index (χ2v) is 8.86. The maximum Gasteiger partial charge on any atom is 0.226 e. The van der Waals surface area contributed by atoms with Gasteiger partial charge in [-0.15, -0.1) is 10.2 Å². The van der Waals surface area contributed by atoms with Crippen LogP contribution in [0.25, 0.3) is 0 Å². The molecule has 2 aromatic rings. The fourth-order valence-electron chi connectivity index (χ4n) is 5.67. The number of likely N-dealkylation sites (tertiary alicyclic amines) is 2. The largest absolute Gasteiger partial charge is 0.335 e.